The van der Waals surface area contributed by atoms with Crippen LogP contribution in [0, 0.1) is 50.2 Å². The molecule has 182 valence electrons. The van der Waals surface area contributed by atoms with E-state index in [4.69, 9.17) is 4.74 Å². The summed E-state index contributed by atoms with van der Waals surface area (Å²) in [7, 11) is 0. The molecule has 1 aliphatic heterocycles. The zero-order chi connectivity index (χ0) is 23.2. The summed E-state index contributed by atoms with van der Waals surface area (Å²) in [6.07, 6.45) is 13.3. The lowest BCUT2D eigenvalue weighted by atomic mass is 9.31. The van der Waals surface area contributed by atoms with Gasteiger partial charge >= 0.3 is 0 Å². The van der Waals surface area contributed by atoms with Gasteiger partial charge in [0.1, 0.15) is 5.60 Å². The molecule has 0 radical (unpaired) electrons. The Labute approximate surface area is 197 Å². The molecule has 6 rings (SSSR count). The highest BCUT2D eigenvalue weighted by molar-refractivity contribution is 5.31. The zero-order valence-electron chi connectivity index (χ0n) is 22.3. The van der Waals surface area contributed by atoms with Gasteiger partial charge in [-0.3, -0.25) is 0 Å². The fourth-order valence-corrected chi connectivity index (χ4v) is 11.7. The van der Waals surface area contributed by atoms with Crippen molar-refractivity contribution in [3.8, 4) is 0 Å². The van der Waals surface area contributed by atoms with Crippen LogP contribution in [0.1, 0.15) is 120 Å². The molecule has 1 saturated heterocycles. The maximum atomic E-state index is 10.9. The van der Waals surface area contributed by atoms with Gasteiger partial charge in [0.15, 0.2) is 0 Å². The van der Waals surface area contributed by atoms with Crippen LogP contribution in [-0.2, 0) is 4.74 Å². The van der Waals surface area contributed by atoms with Crippen LogP contribution < -0.4 is 0 Å². The minimum atomic E-state index is -0.139. The van der Waals surface area contributed by atoms with Crippen molar-refractivity contribution in [3.05, 3.63) is 0 Å². The van der Waals surface area contributed by atoms with E-state index < -0.39 is 0 Å². The lowest BCUT2D eigenvalue weighted by Crippen LogP contribution is -2.70. The van der Waals surface area contributed by atoms with Gasteiger partial charge in [0.25, 0.3) is 0 Å². The molecule has 5 saturated carbocycles. The molecular formula is C30H50O2. The average Bonchev–Trinajstić information content (AvgIpc) is 3.43. The van der Waals surface area contributed by atoms with Crippen molar-refractivity contribution in [2.45, 2.75) is 137 Å². The summed E-state index contributed by atoms with van der Waals surface area (Å²) in [5.74, 6) is 2.09. The van der Waals surface area contributed by atoms with Crippen LogP contribution in [0.4, 0.5) is 0 Å². The Morgan fingerprint density at radius 1 is 0.719 bits per heavy atom. The lowest BCUT2D eigenvalue weighted by Gasteiger charge is -2.72. The Bertz CT molecular complexity index is 831. The van der Waals surface area contributed by atoms with Crippen LogP contribution in [0.25, 0.3) is 0 Å². The molecule has 0 bridgehead atoms. The van der Waals surface area contributed by atoms with E-state index >= 15 is 0 Å². The predicted octanol–water partition coefficient (Wildman–Crippen LogP) is 7.38. The van der Waals surface area contributed by atoms with E-state index in [1.165, 1.54) is 57.8 Å². The summed E-state index contributed by atoms with van der Waals surface area (Å²) in [6, 6.07) is 0. The second-order valence-corrected chi connectivity index (χ2v) is 16.0. The minimum absolute atomic E-state index is 0.0344. The van der Waals surface area contributed by atoms with Crippen molar-refractivity contribution in [3.63, 3.8) is 0 Å². The maximum absolute atomic E-state index is 10.9. The van der Waals surface area contributed by atoms with Gasteiger partial charge in [0.05, 0.1) is 12.2 Å². The van der Waals surface area contributed by atoms with E-state index in [1.807, 2.05) is 0 Å². The molecule has 0 amide bonds. The van der Waals surface area contributed by atoms with Crippen molar-refractivity contribution in [1.82, 2.24) is 0 Å². The summed E-state index contributed by atoms with van der Waals surface area (Å²) in [4.78, 5) is 0. The Morgan fingerprint density at radius 3 is 2.12 bits per heavy atom. The molecule has 0 aromatic rings. The molecule has 1 spiro atoms. The fourth-order valence-electron chi connectivity index (χ4n) is 11.7. The second kappa shape index (κ2) is 6.00. The second-order valence-electron chi connectivity index (χ2n) is 16.0. The molecule has 0 aromatic carbocycles. The Kier molecular flexibility index (Phi) is 4.20. The topological polar surface area (TPSA) is 32.8 Å². The number of aliphatic hydroxyl groups is 1. The van der Waals surface area contributed by atoms with E-state index in [-0.39, 0.29) is 17.1 Å². The van der Waals surface area contributed by atoms with Crippen LogP contribution in [0.3, 0.4) is 0 Å². The van der Waals surface area contributed by atoms with Gasteiger partial charge in [0, 0.05) is 5.41 Å². The van der Waals surface area contributed by atoms with Gasteiger partial charge in [-0.2, -0.15) is 0 Å². The summed E-state index contributed by atoms with van der Waals surface area (Å²) in [6.45, 7) is 20.4. The molecule has 6 aliphatic rings. The van der Waals surface area contributed by atoms with Crippen LogP contribution in [0.5, 0.6) is 0 Å². The molecule has 10 unspecified atom stereocenters. The van der Waals surface area contributed by atoms with E-state index in [0.29, 0.717) is 39.1 Å². The SMILES string of the molecule is CC1(C)CCC2(C)CCC3(C)C4(C)CCC5C(C)(C)C(O)CCC5(C)C4CC4OC43C2C1. The van der Waals surface area contributed by atoms with Crippen LogP contribution in [-0.4, -0.2) is 22.9 Å². The standard InChI is InChI=1S/C30H50O2/c1-24(2)13-14-26(5)15-16-29(8)28(7)12-9-19-25(3,4)22(31)10-11-27(19,6)20(28)17-23-30(29,32-23)21(26)18-24/h19-23,31H,9-18H2,1-8H3. The zero-order valence-corrected chi connectivity index (χ0v) is 22.3. The Hall–Kier alpha value is -0.0800. The van der Waals surface area contributed by atoms with E-state index in [0.717, 1.165) is 18.3 Å². The average molecular weight is 443 g/mol. The monoisotopic (exact) mass is 442 g/mol. The van der Waals surface area contributed by atoms with Crippen molar-refractivity contribution in [1.29, 1.82) is 0 Å². The van der Waals surface area contributed by atoms with Crippen LogP contribution in [0.2, 0.25) is 0 Å². The van der Waals surface area contributed by atoms with Gasteiger partial charge in [-0.1, -0.05) is 55.4 Å². The van der Waals surface area contributed by atoms with E-state index in [9.17, 15) is 5.11 Å². The molecule has 10 atom stereocenters. The van der Waals surface area contributed by atoms with Crippen molar-refractivity contribution in [2.24, 2.45) is 50.2 Å². The highest BCUT2D eigenvalue weighted by Crippen LogP contribution is 2.83. The lowest BCUT2D eigenvalue weighted by molar-refractivity contribution is -0.242. The molecule has 6 fully saturated rings. The van der Waals surface area contributed by atoms with E-state index in [1.54, 1.807) is 0 Å². The third kappa shape index (κ3) is 2.32. The molecule has 1 heterocycles. The molecule has 0 aromatic heterocycles. The first kappa shape index (κ1) is 22.4. The molecule has 5 aliphatic carbocycles. The Balaban J connectivity index is 1.43. The van der Waals surface area contributed by atoms with Gasteiger partial charge in [0.2, 0.25) is 0 Å². The first-order valence-corrected chi connectivity index (χ1v) is 14.0. The van der Waals surface area contributed by atoms with Gasteiger partial charge in [-0.05, 0) is 109 Å². The van der Waals surface area contributed by atoms with Crippen molar-refractivity contribution in [2.75, 3.05) is 0 Å². The fraction of sp³-hybridized carbons (Fsp3) is 1.00. The van der Waals surface area contributed by atoms with Gasteiger partial charge in [-0.15, -0.1) is 0 Å². The normalized spacial score (nSPS) is 62.0. The summed E-state index contributed by atoms with van der Waals surface area (Å²) < 4.78 is 7.11. The number of rotatable bonds is 0. The smallest absolute Gasteiger partial charge is 0.104 e. The highest BCUT2D eigenvalue weighted by atomic mass is 16.6. The Morgan fingerprint density at radius 2 is 1.41 bits per heavy atom. The number of epoxide rings is 1. The predicted molar refractivity (Wildman–Crippen MR) is 130 cm³/mol. The summed E-state index contributed by atoms with van der Waals surface area (Å²) in [5.41, 5.74) is 2.08. The maximum Gasteiger partial charge on any atom is 0.104 e. The third-order valence-electron chi connectivity index (χ3n) is 14.0. The van der Waals surface area contributed by atoms with Gasteiger partial charge in [-0.25, -0.2) is 0 Å². The molecule has 1 N–H and O–H groups in total. The number of fused-ring (bicyclic) bond motifs is 5. The molecule has 2 nitrogen and oxygen atoms in total. The number of aliphatic hydroxyl groups excluding tert-OH is 1. The summed E-state index contributed by atoms with van der Waals surface area (Å²) >= 11 is 0. The highest BCUT2D eigenvalue weighted by Gasteiger charge is 2.84. The quantitative estimate of drug-likeness (QED) is 0.397. The summed E-state index contributed by atoms with van der Waals surface area (Å²) in [5, 5.41) is 10.9. The minimum Gasteiger partial charge on any atom is -0.393 e. The van der Waals surface area contributed by atoms with Crippen molar-refractivity contribution < 1.29 is 9.84 Å². The van der Waals surface area contributed by atoms with Gasteiger partial charge < -0.3 is 9.84 Å². The van der Waals surface area contributed by atoms with Crippen LogP contribution >= 0.6 is 0 Å². The number of ether oxygens (including phenoxy) is 1. The first-order valence-electron chi connectivity index (χ1n) is 14.0. The molecule has 32 heavy (non-hydrogen) atoms. The first-order chi connectivity index (χ1) is 14.7. The third-order valence-corrected chi connectivity index (χ3v) is 14.0. The van der Waals surface area contributed by atoms with Crippen LogP contribution in [0.15, 0.2) is 0 Å². The number of hydrogen-bond acceptors (Lipinski definition) is 2. The number of hydrogen-bond donors (Lipinski definition) is 1. The van der Waals surface area contributed by atoms with E-state index in [2.05, 4.69) is 55.4 Å². The largest absolute Gasteiger partial charge is 0.393 e. The molecule has 2 heteroatoms. The molecular weight excluding hydrogens is 392 g/mol. The van der Waals surface area contributed by atoms with Crippen molar-refractivity contribution >= 4 is 0 Å².